The number of hydrogen-bond donors (Lipinski definition) is 1. The first-order valence-electron chi connectivity index (χ1n) is 7.39. The van der Waals surface area contributed by atoms with Crippen LogP contribution in [-0.2, 0) is 0 Å². The second kappa shape index (κ2) is 4.97. The molecular weight excluding hydrogens is 234 g/mol. The van der Waals surface area contributed by atoms with Crippen LogP contribution in [0.1, 0.15) is 44.5 Å². The van der Waals surface area contributed by atoms with Gasteiger partial charge >= 0.3 is 0 Å². The van der Waals surface area contributed by atoms with Gasteiger partial charge in [-0.05, 0) is 44.2 Å². The molecule has 1 saturated carbocycles. The van der Waals surface area contributed by atoms with Gasteiger partial charge in [0.25, 0.3) is 0 Å². The Bertz CT molecular complexity index is 572. The van der Waals surface area contributed by atoms with Gasteiger partial charge in [0.15, 0.2) is 0 Å². The van der Waals surface area contributed by atoms with Crippen molar-refractivity contribution in [3.8, 4) is 0 Å². The summed E-state index contributed by atoms with van der Waals surface area (Å²) in [6.07, 6.45) is 4.86. The highest BCUT2D eigenvalue weighted by Gasteiger charge is 2.30. The molecule has 0 bridgehead atoms. The lowest BCUT2D eigenvalue weighted by Gasteiger charge is -2.35. The van der Waals surface area contributed by atoms with Gasteiger partial charge in [0, 0.05) is 6.04 Å². The highest BCUT2D eigenvalue weighted by Crippen LogP contribution is 2.36. The Morgan fingerprint density at radius 1 is 1.32 bits per heavy atom. The minimum atomic E-state index is 0.263. The molecule has 2 aromatic rings. The molecule has 1 fully saturated rings. The molecule has 3 unspecified atom stereocenters. The standard InChI is InChI=1S/C16H23N3/c1-3-12-8-9-13(17)16(10-12)19-11(2)18-14-6-4-5-7-15(14)19/h4-7,12-13,16H,3,8-10,17H2,1-2H3. The van der Waals surface area contributed by atoms with E-state index in [1.165, 1.54) is 24.8 Å². The Labute approximate surface area is 114 Å². The summed E-state index contributed by atoms with van der Waals surface area (Å²) in [6, 6.07) is 9.06. The van der Waals surface area contributed by atoms with Crippen molar-refractivity contribution in [3.63, 3.8) is 0 Å². The van der Waals surface area contributed by atoms with Gasteiger partial charge in [-0.3, -0.25) is 0 Å². The summed E-state index contributed by atoms with van der Waals surface area (Å²) in [5.41, 5.74) is 8.72. The van der Waals surface area contributed by atoms with Crippen molar-refractivity contribution >= 4 is 11.0 Å². The number of rotatable bonds is 2. The molecule has 102 valence electrons. The fourth-order valence-electron chi connectivity index (χ4n) is 3.51. The molecule has 3 nitrogen and oxygen atoms in total. The third kappa shape index (κ3) is 2.16. The van der Waals surface area contributed by atoms with Crippen LogP contribution in [0.5, 0.6) is 0 Å². The van der Waals surface area contributed by atoms with Crippen LogP contribution in [0.4, 0.5) is 0 Å². The summed E-state index contributed by atoms with van der Waals surface area (Å²) in [4.78, 5) is 4.68. The van der Waals surface area contributed by atoms with Crippen molar-refractivity contribution in [2.45, 2.75) is 51.6 Å². The summed E-state index contributed by atoms with van der Waals surface area (Å²) in [5.74, 6) is 1.91. The lowest BCUT2D eigenvalue weighted by molar-refractivity contribution is 0.231. The molecule has 0 saturated heterocycles. The highest BCUT2D eigenvalue weighted by atomic mass is 15.1. The highest BCUT2D eigenvalue weighted by molar-refractivity contribution is 5.76. The number of hydrogen-bond acceptors (Lipinski definition) is 2. The molecule has 2 N–H and O–H groups in total. The Balaban J connectivity index is 2.04. The zero-order valence-corrected chi connectivity index (χ0v) is 11.8. The summed E-state index contributed by atoms with van der Waals surface area (Å²) in [7, 11) is 0. The van der Waals surface area contributed by atoms with E-state index >= 15 is 0 Å². The molecule has 19 heavy (non-hydrogen) atoms. The SMILES string of the molecule is CCC1CCC(N)C(n2c(C)nc3ccccc32)C1. The van der Waals surface area contributed by atoms with Gasteiger partial charge in [0.2, 0.25) is 0 Å². The van der Waals surface area contributed by atoms with Crippen molar-refractivity contribution in [2.75, 3.05) is 0 Å². The number of nitrogens with zero attached hydrogens (tertiary/aromatic N) is 2. The molecular formula is C16H23N3. The Hall–Kier alpha value is -1.35. The minimum absolute atomic E-state index is 0.263. The maximum atomic E-state index is 6.40. The van der Waals surface area contributed by atoms with Crippen molar-refractivity contribution in [2.24, 2.45) is 11.7 Å². The maximum Gasteiger partial charge on any atom is 0.107 e. The van der Waals surface area contributed by atoms with Gasteiger partial charge in [-0.2, -0.15) is 0 Å². The molecule has 0 spiro atoms. The van der Waals surface area contributed by atoms with Crippen LogP contribution in [0.3, 0.4) is 0 Å². The summed E-state index contributed by atoms with van der Waals surface area (Å²) >= 11 is 0. The number of aromatic nitrogens is 2. The van der Waals surface area contributed by atoms with Gasteiger partial charge in [-0.1, -0.05) is 25.5 Å². The van der Waals surface area contributed by atoms with Crippen LogP contribution in [0.15, 0.2) is 24.3 Å². The lowest BCUT2D eigenvalue weighted by Crippen LogP contribution is -2.38. The molecule has 3 rings (SSSR count). The summed E-state index contributed by atoms with van der Waals surface area (Å²) in [6.45, 7) is 4.39. The Morgan fingerprint density at radius 3 is 2.89 bits per heavy atom. The molecule has 0 amide bonds. The average molecular weight is 257 g/mol. The second-order valence-corrected chi connectivity index (χ2v) is 5.84. The largest absolute Gasteiger partial charge is 0.326 e. The zero-order chi connectivity index (χ0) is 13.4. The van der Waals surface area contributed by atoms with Crippen LogP contribution in [0.25, 0.3) is 11.0 Å². The average Bonchev–Trinajstić information content (AvgIpc) is 2.75. The molecule has 0 aliphatic heterocycles. The molecule has 1 heterocycles. The van der Waals surface area contributed by atoms with E-state index in [1.54, 1.807) is 0 Å². The van der Waals surface area contributed by atoms with Gasteiger partial charge in [-0.15, -0.1) is 0 Å². The fraction of sp³-hybridized carbons (Fsp3) is 0.562. The third-order valence-corrected chi connectivity index (χ3v) is 4.66. The molecule has 3 heteroatoms. The van der Waals surface area contributed by atoms with Crippen molar-refractivity contribution < 1.29 is 0 Å². The van der Waals surface area contributed by atoms with Crippen LogP contribution in [0, 0.1) is 12.8 Å². The predicted molar refractivity (Wildman–Crippen MR) is 79.1 cm³/mol. The first-order chi connectivity index (χ1) is 9.20. The van der Waals surface area contributed by atoms with E-state index in [0.717, 1.165) is 23.7 Å². The van der Waals surface area contributed by atoms with Crippen molar-refractivity contribution in [3.05, 3.63) is 30.1 Å². The molecule has 3 atom stereocenters. The Morgan fingerprint density at radius 2 is 2.11 bits per heavy atom. The number of nitrogens with two attached hydrogens (primary N) is 1. The molecule has 0 radical (unpaired) electrons. The summed E-state index contributed by atoms with van der Waals surface area (Å²) in [5, 5.41) is 0. The van der Waals surface area contributed by atoms with Crippen molar-refractivity contribution in [1.82, 2.24) is 9.55 Å². The van der Waals surface area contributed by atoms with Crippen LogP contribution in [0.2, 0.25) is 0 Å². The quantitative estimate of drug-likeness (QED) is 0.895. The van der Waals surface area contributed by atoms with Crippen LogP contribution < -0.4 is 5.73 Å². The van der Waals surface area contributed by atoms with E-state index in [1.807, 2.05) is 0 Å². The molecule has 1 aliphatic rings. The summed E-state index contributed by atoms with van der Waals surface area (Å²) < 4.78 is 2.38. The smallest absolute Gasteiger partial charge is 0.107 e. The van der Waals surface area contributed by atoms with E-state index < -0.39 is 0 Å². The van der Waals surface area contributed by atoms with Gasteiger partial charge in [0.05, 0.1) is 17.1 Å². The van der Waals surface area contributed by atoms with Crippen LogP contribution >= 0.6 is 0 Å². The monoisotopic (exact) mass is 257 g/mol. The predicted octanol–water partition coefficient (Wildman–Crippen LogP) is 3.42. The number of para-hydroxylation sites is 2. The second-order valence-electron chi connectivity index (χ2n) is 5.84. The molecule has 1 aromatic carbocycles. The van der Waals surface area contributed by atoms with E-state index in [4.69, 9.17) is 5.73 Å². The topological polar surface area (TPSA) is 43.8 Å². The van der Waals surface area contributed by atoms with Gasteiger partial charge in [0.1, 0.15) is 5.82 Å². The number of imidazole rings is 1. The normalized spacial score (nSPS) is 27.8. The Kier molecular flexibility index (Phi) is 3.31. The number of benzene rings is 1. The molecule has 1 aromatic heterocycles. The van der Waals surface area contributed by atoms with E-state index in [-0.39, 0.29) is 6.04 Å². The van der Waals surface area contributed by atoms with Gasteiger partial charge < -0.3 is 10.3 Å². The van der Waals surface area contributed by atoms with Crippen molar-refractivity contribution in [1.29, 1.82) is 0 Å². The third-order valence-electron chi connectivity index (χ3n) is 4.66. The number of aryl methyl sites for hydroxylation is 1. The zero-order valence-electron chi connectivity index (χ0n) is 11.8. The fourth-order valence-corrected chi connectivity index (χ4v) is 3.51. The maximum absolute atomic E-state index is 6.40. The number of fused-ring (bicyclic) bond motifs is 1. The lowest BCUT2D eigenvalue weighted by atomic mass is 9.81. The minimum Gasteiger partial charge on any atom is -0.326 e. The van der Waals surface area contributed by atoms with E-state index in [0.29, 0.717) is 6.04 Å². The first-order valence-corrected chi connectivity index (χ1v) is 7.39. The van der Waals surface area contributed by atoms with E-state index in [2.05, 4.69) is 47.7 Å². The van der Waals surface area contributed by atoms with Gasteiger partial charge in [-0.25, -0.2) is 4.98 Å². The van der Waals surface area contributed by atoms with E-state index in [9.17, 15) is 0 Å². The molecule has 1 aliphatic carbocycles. The first kappa shape index (κ1) is 12.7. The van der Waals surface area contributed by atoms with Crippen LogP contribution in [-0.4, -0.2) is 15.6 Å².